The number of hydrogen-bond donors (Lipinski definition) is 1. The van der Waals surface area contributed by atoms with E-state index in [1.165, 1.54) is 12.5 Å². The van der Waals surface area contributed by atoms with Crippen LogP contribution in [-0.2, 0) is 6.42 Å². The van der Waals surface area contributed by atoms with Crippen LogP contribution in [0, 0.1) is 11.7 Å². The Kier molecular flexibility index (Phi) is 4.44. The minimum Gasteiger partial charge on any atom is -0.389 e. The summed E-state index contributed by atoms with van der Waals surface area (Å²) in [5.74, 6) is 0.0803. The van der Waals surface area contributed by atoms with Gasteiger partial charge in [0.15, 0.2) is 0 Å². The van der Waals surface area contributed by atoms with Gasteiger partial charge in [-0.05, 0) is 42.5 Å². The van der Waals surface area contributed by atoms with Gasteiger partial charge in [0, 0.05) is 10.9 Å². The van der Waals surface area contributed by atoms with E-state index in [2.05, 4.69) is 22.9 Å². The molecule has 2 atom stereocenters. The van der Waals surface area contributed by atoms with Crippen molar-refractivity contribution in [1.29, 1.82) is 0 Å². The Morgan fingerprint density at radius 2 is 2.22 bits per heavy atom. The van der Waals surface area contributed by atoms with Gasteiger partial charge in [0.1, 0.15) is 5.82 Å². The van der Waals surface area contributed by atoms with Crippen LogP contribution in [0.2, 0.25) is 0 Å². The lowest BCUT2D eigenvalue weighted by atomic mass is 9.71. The first-order chi connectivity index (χ1) is 8.55. The molecule has 2 rings (SSSR count). The predicted octanol–water partition coefficient (Wildman–Crippen LogP) is 4.46. The van der Waals surface area contributed by atoms with E-state index < -0.39 is 5.60 Å². The lowest BCUT2D eigenvalue weighted by Crippen LogP contribution is -2.42. The third kappa shape index (κ3) is 2.94. The highest BCUT2D eigenvalue weighted by molar-refractivity contribution is 9.10. The van der Waals surface area contributed by atoms with Gasteiger partial charge in [0.2, 0.25) is 0 Å². The first-order valence-corrected chi connectivity index (χ1v) is 7.51. The number of rotatable bonds is 3. The average molecular weight is 315 g/mol. The van der Waals surface area contributed by atoms with E-state index in [0.29, 0.717) is 17.9 Å². The summed E-state index contributed by atoms with van der Waals surface area (Å²) >= 11 is 3.36. The van der Waals surface area contributed by atoms with Gasteiger partial charge in [0.05, 0.1) is 5.60 Å². The monoisotopic (exact) mass is 314 g/mol. The predicted molar refractivity (Wildman–Crippen MR) is 75.0 cm³/mol. The van der Waals surface area contributed by atoms with Crippen LogP contribution >= 0.6 is 15.9 Å². The maximum absolute atomic E-state index is 13.8. The smallest absolute Gasteiger partial charge is 0.126 e. The fraction of sp³-hybridized carbons (Fsp3) is 0.600. The zero-order chi connectivity index (χ0) is 13.2. The SMILES string of the molecule is CCC1CCCCC1(O)Cc1cc(Br)ccc1F. The summed E-state index contributed by atoms with van der Waals surface area (Å²) in [4.78, 5) is 0. The molecular weight excluding hydrogens is 295 g/mol. The zero-order valence-electron chi connectivity index (χ0n) is 10.8. The Morgan fingerprint density at radius 3 is 2.94 bits per heavy atom. The van der Waals surface area contributed by atoms with Gasteiger partial charge >= 0.3 is 0 Å². The van der Waals surface area contributed by atoms with Crippen LogP contribution in [0.3, 0.4) is 0 Å². The van der Waals surface area contributed by atoms with Gasteiger partial charge in [0.25, 0.3) is 0 Å². The summed E-state index contributed by atoms with van der Waals surface area (Å²) in [5.41, 5.74) is -0.110. The topological polar surface area (TPSA) is 20.2 Å². The molecule has 1 N–H and O–H groups in total. The van der Waals surface area contributed by atoms with Crippen molar-refractivity contribution in [1.82, 2.24) is 0 Å². The summed E-state index contributed by atoms with van der Waals surface area (Å²) in [6, 6.07) is 4.95. The first-order valence-electron chi connectivity index (χ1n) is 6.71. The van der Waals surface area contributed by atoms with E-state index in [0.717, 1.165) is 30.2 Å². The fourth-order valence-corrected chi connectivity index (χ4v) is 3.53. The van der Waals surface area contributed by atoms with Gasteiger partial charge < -0.3 is 5.11 Å². The van der Waals surface area contributed by atoms with Crippen LogP contribution in [0.5, 0.6) is 0 Å². The van der Waals surface area contributed by atoms with Crippen molar-refractivity contribution in [2.24, 2.45) is 5.92 Å². The Bertz CT molecular complexity index is 421. The number of hydrogen-bond acceptors (Lipinski definition) is 1. The normalized spacial score (nSPS) is 28.3. The van der Waals surface area contributed by atoms with Crippen molar-refractivity contribution in [3.8, 4) is 0 Å². The van der Waals surface area contributed by atoms with Crippen LogP contribution in [-0.4, -0.2) is 10.7 Å². The number of benzene rings is 1. The minimum absolute atomic E-state index is 0.216. The van der Waals surface area contributed by atoms with Crippen LogP contribution < -0.4 is 0 Å². The quantitative estimate of drug-likeness (QED) is 0.873. The Labute approximate surface area is 117 Å². The summed E-state index contributed by atoms with van der Waals surface area (Å²) in [5, 5.41) is 10.8. The largest absolute Gasteiger partial charge is 0.389 e. The molecule has 3 heteroatoms. The maximum Gasteiger partial charge on any atom is 0.126 e. The molecule has 18 heavy (non-hydrogen) atoms. The second-order valence-corrected chi connectivity index (χ2v) is 6.28. The van der Waals surface area contributed by atoms with E-state index in [9.17, 15) is 9.50 Å². The minimum atomic E-state index is -0.728. The van der Waals surface area contributed by atoms with E-state index in [1.807, 2.05) is 0 Å². The van der Waals surface area contributed by atoms with Gasteiger partial charge in [-0.1, -0.05) is 42.1 Å². The molecule has 1 saturated carbocycles. The molecule has 1 aromatic rings. The summed E-state index contributed by atoms with van der Waals surface area (Å²) in [6.45, 7) is 2.11. The first kappa shape index (κ1) is 14.0. The van der Waals surface area contributed by atoms with Crippen LogP contribution in [0.15, 0.2) is 22.7 Å². The highest BCUT2D eigenvalue weighted by Gasteiger charge is 2.38. The van der Waals surface area contributed by atoms with Crippen molar-refractivity contribution in [2.45, 2.75) is 51.0 Å². The molecule has 1 nitrogen and oxygen atoms in total. The molecule has 0 amide bonds. The van der Waals surface area contributed by atoms with Crippen molar-refractivity contribution in [3.63, 3.8) is 0 Å². The molecule has 100 valence electrons. The van der Waals surface area contributed by atoms with Gasteiger partial charge in [-0.25, -0.2) is 4.39 Å². The van der Waals surface area contributed by atoms with Crippen LogP contribution in [0.25, 0.3) is 0 Å². The van der Waals surface area contributed by atoms with Gasteiger partial charge in [-0.15, -0.1) is 0 Å². The number of aliphatic hydroxyl groups is 1. The Morgan fingerprint density at radius 1 is 1.44 bits per heavy atom. The Hall–Kier alpha value is -0.410. The maximum atomic E-state index is 13.8. The summed E-state index contributed by atoms with van der Waals surface area (Å²) in [7, 11) is 0. The third-order valence-corrected chi connectivity index (χ3v) is 4.66. The molecule has 1 fully saturated rings. The molecule has 0 aromatic heterocycles. The molecule has 0 spiro atoms. The zero-order valence-corrected chi connectivity index (χ0v) is 12.3. The van der Waals surface area contributed by atoms with E-state index in [1.54, 1.807) is 12.1 Å². The molecular formula is C15H20BrFO. The van der Waals surface area contributed by atoms with Crippen LogP contribution in [0.1, 0.15) is 44.6 Å². The average Bonchev–Trinajstić information content (AvgIpc) is 2.34. The highest BCUT2D eigenvalue weighted by atomic mass is 79.9. The van der Waals surface area contributed by atoms with E-state index >= 15 is 0 Å². The van der Waals surface area contributed by atoms with Crippen LogP contribution in [0.4, 0.5) is 4.39 Å². The molecule has 1 aromatic carbocycles. The van der Waals surface area contributed by atoms with Gasteiger partial charge in [-0.2, -0.15) is 0 Å². The fourth-order valence-electron chi connectivity index (χ4n) is 3.12. The van der Waals surface area contributed by atoms with Crippen molar-refractivity contribution in [2.75, 3.05) is 0 Å². The van der Waals surface area contributed by atoms with Gasteiger partial charge in [-0.3, -0.25) is 0 Å². The second-order valence-electron chi connectivity index (χ2n) is 5.37. The molecule has 2 unspecified atom stereocenters. The molecule has 0 saturated heterocycles. The Balaban J connectivity index is 2.22. The lowest BCUT2D eigenvalue weighted by Gasteiger charge is -2.40. The summed E-state index contributed by atoms with van der Waals surface area (Å²) in [6.07, 6.45) is 5.47. The standard InChI is InChI=1S/C15H20BrFO/c1-2-12-5-3-4-8-15(12,18)10-11-9-13(16)6-7-14(11)17/h6-7,9,12,18H,2-5,8,10H2,1H3. The third-order valence-electron chi connectivity index (χ3n) is 4.17. The molecule has 0 bridgehead atoms. The lowest BCUT2D eigenvalue weighted by molar-refractivity contribution is -0.0496. The highest BCUT2D eigenvalue weighted by Crippen LogP contribution is 2.38. The summed E-state index contributed by atoms with van der Waals surface area (Å²) < 4.78 is 14.7. The van der Waals surface area contributed by atoms with Crippen molar-refractivity contribution < 1.29 is 9.50 Å². The molecule has 1 aliphatic rings. The van der Waals surface area contributed by atoms with E-state index in [4.69, 9.17) is 0 Å². The van der Waals surface area contributed by atoms with E-state index in [-0.39, 0.29) is 5.82 Å². The number of halogens is 2. The second kappa shape index (κ2) is 5.70. The van der Waals surface area contributed by atoms with Crippen molar-refractivity contribution >= 4 is 15.9 Å². The molecule has 0 heterocycles. The molecule has 1 aliphatic carbocycles. The van der Waals surface area contributed by atoms with Crippen molar-refractivity contribution in [3.05, 3.63) is 34.1 Å². The molecule has 0 aliphatic heterocycles. The molecule has 0 radical (unpaired) electrons.